The first kappa shape index (κ1) is 13.7. The van der Waals surface area contributed by atoms with Crippen molar-refractivity contribution in [3.63, 3.8) is 0 Å². The number of halogens is 4. The van der Waals surface area contributed by atoms with E-state index in [1.807, 2.05) is 0 Å². The molecule has 3 aromatic rings. The van der Waals surface area contributed by atoms with Crippen molar-refractivity contribution in [3.8, 4) is 23.1 Å². The summed E-state index contributed by atoms with van der Waals surface area (Å²) in [6, 6.07) is 3.65. The monoisotopic (exact) mass is 359 g/mol. The van der Waals surface area contributed by atoms with Crippen LogP contribution in [-0.4, -0.2) is 25.3 Å². The Hall–Kier alpha value is -2.23. The predicted molar refractivity (Wildman–Crippen MR) is 67.8 cm³/mol. The highest BCUT2D eigenvalue weighted by Crippen LogP contribution is 2.37. The number of nitrogens with zero attached hydrogens (tertiary/aromatic N) is 4. The van der Waals surface area contributed by atoms with E-state index in [1.165, 1.54) is 18.5 Å². The molecule has 0 amide bonds. The van der Waals surface area contributed by atoms with E-state index in [4.69, 9.17) is 4.52 Å². The van der Waals surface area contributed by atoms with Gasteiger partial charge >= 0.3 is 6.18 Å². The molecule has 1 aromatic carbocycles. The van der Waals surface area contributed by atoms with Crippen LogP contribution in [0, 0.1) is 0 Å². The van der Waals surface area contributed by atoms with Crippen molar-refractivity contribution in [1.29, 1.82) is 0 Å². The van der Waals surface area contributed by atoms with Crippen LogP contribution in [0.1, 0.15) is 5.56 Å². The topological polar surface area (TPSA) is 80.5 Å². The van der Waals surface area contributed by atoms with Gasteiger partial charge < -0.3 is 4.52 Å². The highest BCUT2D eigenvalue weighted by Gasteiger charge is 2.33. The molecule has 1 N–H and O–H groups in total. The lowest BCUT2D eigenvalue weighted by atomic mass is 10.1. The number of H-pyrrole nitrogens is 1. The number of nitrogens with one attached hydrogen (secondary N) is 1. The summed E-state index contributed by atoms with van der Waals surface area (Å²) in [5.41, 5.74) is -0.664. The van der Waals surface area contributed by atoms with E-state index >= 15 is 0 Å². The maximum atomic E-state index is 12.9. The number of aromatic amines is 1. The molecule has 0 aliphatic rings. The van der Waals surface area contributed by atoms with Crippen molar-refractivity contribution in [3.05, 3.63) is 34.6 Å². The summed E-state index contributed by atoms with van der Waals surface area (Å²) in [6.45, 7) is 0. The van der Waals surface area contributed by atoms with Gasteiger partial charge in [-0.3, -0.25) is 5.10 Å². The van der Waals surface area contributed by atoms with Gasteiger partial charge in [-0.1, -0.05) is 21.1 Å². The summed E-state index contributed by atoms with van der Waals surface area (Å²) < 4.78 is 43.4. The van der Waals surface area contributed by atoms with E-state index in [2.05, 4.69) is 41.3 Å². The Kier molecular flexibility index (Phi) is 3.24. The SMILES string of the molecule is FC(F)(F)c1cc(-c2nc(-c3ncn[nH]3)no2)ccc1Br. The molecule has 108 valence electrons. The molecule has 6 nitrogen and oxygen atoms in total. The zero-order valence-corrected chi connectivity index (χ0v) is 11.6. The molecule has 3 rings (SSSR count). The van der Waals surface area contributed by atoms with Crippen molar-refractivity contribution in [2.24, 2.45) is 0 Å². The molecule has 0 saturated heterocycles. The van der Waals surface area contributed by atoms with Crippen LogP contribution in [0.2, 0.25) is 0 Å². The van der Waals surface area contributed by atoms with Crippen LogP contribution in [0.3, 0.4) is 0 Å². The Morgan fingerprint density at radius 3 is 2.71 bits per heavy atom. The molecule has 21 heavy (non-hydrogen) atoms. The summed E-state index contributed by atoms with van der Waals surface area (Å²) in [7, 11) is 0. The van der Waals surface area contributed by atoms with Crippen molar-refractivity contribution in [1.82, 2.24) is 25.3 Å². The highest BCUT2D eigenvalue weighted by atomic mass is 79.9. The van der Waals surface area contributed by atoms with Crippen LogP contribution in [0.15, 0.2) is 33.5 Å². The number of hydrogen-bond donors (Lipinski definition) is 1. The highest BCUT2D eigenvalue weighted by molar-refractivity contribution is 9.10. The Balaban J connectivity index is 2.02. The molecule has 0 fully saturated rings. The average molecular weight is 360 g/mol. The van der Waals surface area contributed by atoms with Crippen LogP contribution < -0.4 is 0 Å². The van der Waals surface area contributed by atoms with E-state index in [0.717, 1.165) is 6.07 Å². The standard InChI is InChI=1S/C11H5BrF3N5O/c12-7-2-1-5(3-6(7)11(13,14)15)10-18-9(20-21-10)8-16-4-17-19-8/h1-4H,(H,16,17,19). The lowest BCUT2D eigenvalue weighted by molar-refractivity contribution is -0.138. The van der Waals surface area contributed by atoms with E-state index in [0.29, 0.717) is 0 Å². The van der Waals surface area contributed by atoms with E-state index in [-0.39, 0.29) is 27.6 Å². The Morgan fingerprint density at radius 1 is 1.24 bits per heavy atom. The Morgan fingerprint density at radius 2 is 2.05 bits per heavy atom. The molecule has 0 atom stereocenters. The minimum Gasteiger partial charge on any atom is -0.334 e. The summed E-state index contributed by atoms with van der Waals surface area (Å²) in [5.74, 6) is 0.330. The minimum atomic E-state index is -4.48. The first-order valence-corrected chi connectivity index (χ1v) is 6.31. The summed E-state index contributed by atoms with van der Waals surface area (Å²) in [5, 5.41) is 9.79. The fourth-order valence-electron chi connectivity index (χ4n) is 1.63. The maximum Gasteiger partial charge on any atom is 0.417 e. The number of benzene rings is 1. The van der Waals surface area contributed by atoms with Crippen LogP contribution in [0.5, 0.6) is 0 Å². The lowest BCUT2D eigenvalue weighted by Gasteiger charge is -2.09. The normalized spacial score (nSPS) is 11.8. The van der Waals surface area contributed by atoms with E-state index < -0.39 is 11.7 Å². The maximum absolute atomic E-state index is 12.9. The molecule has 0 bridgehead atoms. The fraction of sp³-hybridized carbons (Fsp3) is 0.0909. The molecule has 0 aliphatic heterocycles. The van der Waals surface area contributed by atoms with Gasteiger partial charge in [0.2, 0.25) is 5.82 Å². The molecule has 0 aliphatic carbocycles. The molecule has 2 aromatic heterocycles. The zero-order chi connectivity index (χ0) is 15.0. The van der Waals surface area contributed by atoms with Crippen LogP contribution >= 0.6 is 15.9 Å². The van der Waals surface area contributed by atoms with Gasteiger partial charge in [0.15, 0.2) is 5.82 Å². The lowest BCUT2D eigenvalue weighted by Crippen LogP contribution is -2.06. The van der Waals surface area contributed by atoms with Crippen molar-refractivity contribution in [2.75, 3.05) is 0 Å². The third-order valence-corrected chi connectivity index (χ3v) is 3.26. The predicted octanol–water partition coefficient (Wildman–Crippen LogP) is 3.30. The Labute approximate surface area is 123 Å². The van der Waals surface area contributed by atoms with Gasteiger partial charge in [0.1, 0.15) is 6.33 Å². The van der Waals surface area contributed by atoms with E-state index in [1.54, 1.807) is 0 Å². The van der Waals surface area contributed by atoms with Gasteiger partial charge in [-0.05, 0) is 18.2 Å². The van der Waals surface area contributed by atoms with Crippen molar-refractivity contribution >= 4 is 15.9 Å². The zero-order valence-electron chi connectivity index (χ0n) is 10.0. The second-order valence-corrected chi connectivity index (χ2v) is 4.80. The van der Waals surface area contributed by atoms with E-state index in [9.17, 15) is 13.2 Å². The molecule has 0 unspecified atom stereocenters. The molecule has 0 spiro atoms. The first-order chi connectivity index (χ1) is 9.95. The number of aromatic nitrogens is 5. The summed E-state index contributed by atoms with van der Waals surface area (Å²) in [4.78, 5) is 7.81. The van der Waals surface area contributed by atoms with Crippen molar-refractivity contribution < 1.29 is 17.7 Å². The molecule has 2 heterocycles. The summed E-state index contributed by atoms with van der Waals surface area (Å²) in [6.07, 6.45) is -3.23. The third-order valence-electron chi connectivity index (χ3n) is 2.57. The number of rotatable bonds is 2. The van der Waals surface area contributed by atoms with Crippen LogP contribution in [0.25, 0.3) is 23.1 Å². The number of alkyl halides is 3. The quantitative estimate of drug-likeness (QED) is 0.759. The van der Waals surface area contributed by atoms with Crippen LogP contribution in [0.4, 0.5) is 13.2 Å². The van der Waals surface area contributed by atoms with Gasteiger partial charge in [-0.25, -0.2) is 4.98 Å². The second kappa shape index (κ2) is 4.95. The molecule has 0 saturated carbocycles. The third kappa shape index (κ3) is 2.66. The smallest absolute Gasteiger partial charge is 0.334 e. The molecule has 10 heteroatoms. The largest absolute Gasteiger partial charge is 0.417 e. The Bertz CT molecular complexity index is 769. The summed E-state index contributed by atoms with van der Waals surface area (Å²) >= 11 is 2.87. The van der Waals surface area contributed by atoms with Gasteiger partial charge in [0, 0.05) is 10.0 Å². The second-order valence-electron chi connectivity index (χ2n) is 3.95. The van der Waals surface area contributed by atoms with Gasteiger partial charge in [-0.2, -0.15) is 23.3 Å². The number of hydrogen-bond acceptors (Lipinski definition) is 5. The van der Waals surface area contributed by atoms with Gasteiger partial charge in [0.25, 0.3) is 5.89 Å². The molecular formula is C11H5BrF3N5O. The van der Waals surface area contributed by atoms with Crippen LogP contribution in [-0.2, 0) is 6.18 Å². The molecule has 0 radical (unpaired) electrons. The first-order valence-electron chi connectivity index (χ1n) is 5.52. The molecular weight excluding hydrogens is 355 g/mol. The van der Waals surface area contributed by atoms with Crippen molar-refractivity contribution in [2.45, 2.75) is 6.18 Å². The van der Waals surface area contributed by atoms with Gasteiger partial charge in [-0.15, -0.1) is 0 Å². The average Bonchev–Trinajstić information content (AvgIpc) is 3.09. The van der Waals surface area contributed by atoms with Gasteiger partial charge in [0.05, 0.1) is 5.56 Å². The fourth-order valence-corrected chi connectivity index (χ4v) is 2.10. The minimum absolute atomic E-state index is 0.0422.